The van der Waals surface area contributed by atoms with Gasteiger partial charge in [0.2, 0.25) is 0 Å². The third-order valence-electron chi connectivity index (χ3n) is 3.51. The number of rotatable bonds is 5. The molecule has 0 fully saturated rings. The Kier molecular flexibility index (Phi) is 5.11. The van der Waals surface area contributed by atoms with E-state index in [4.69, 9.17) is 11.6 Å². The van der Waals surface area contributed by atoms with Crippen LogP contribution in [0.2, 0.25) is 5.02 Å². The molecule has 0 atom stereocenters. The number of para-hydroxylation sites is 1. The monoisotopic (exact) mass is 354 g/mol. The standard InChI is InChI=1S/C18H15ClN4O2/c19-14-5-3-4-12(8-14)18(25)21-11-17(24)23-22-10-13-9-20-16-7-2-1-6-15(13)16/h1-10,20H,11H2,(H,21,25)(H,23,24)/b22-10+. The van der Waals surface area contributed by atoms with Gasteiger partial charge in [-0.15, -0.1) is 0 Å². The predicted molar refractivity (Wildman–Crippen MR) is 97.8 cm³/mol. The number of halogens is 1. The van der Waals surface area contributed by atoms with Crippen LogP contribution >= 0.6 is 11.6 Å². The number of aromatic amines is 1. The number of carbonyl (C=O) groups is 2. The highest BCUT2D eigenvalue weighted by atomic mass is 35.5. The minimum Gasteiger partial charge on any atom is -0.361 e. The largest absolute Gasteiger partial charge is 0.361 e. The van der Waals surface area contributed by atoms with E-state index in [1.54, 1.807) is 30.6 Å². The van der Waals surface area contributed by atoms with Crippen molar-refractivity contribution in [1.82, 2.24) is 15.7 Å². The number of aromatic nitrogens is 1. The van der Waals surface area contributed by atoms with E-state index in [0.29, 0.717) is 10.6 Å². The van der Waals surface area contributed by atoms with Crippen molar-refractivity contribution in [2.75, 3.05) is 6.54 Å². The Hall–Kier alpha value is -3.12. The van der Waals surface area contributed by atoms with Crippen LogP contribution in [0.3, 0.4) is 0 Å². The molecular weight excluding hydrogens is 340 g/mol. The molecule has 0 aliphatic rings. The van der Waals surface area contributed by atoms with Gasteiger partial charge in [0.25, 0.3) is 11.8 Å². The van der Waals surface area contributed by atoms with Gasteiger partial charge in [0, 0.05) is 33.2 Å². The van der Waals surface area contributed by atoms with Crippen LogP contribution in [0, 0.1) is 0 Å². The molecule has 0 bridgehead atoms. The van der Waals surface area contributed by atoms with Crippen LogP contribution in [0.4, 0.5) is 0 Å². The Morgan fingerprint density at radius 1 is 1.16 bits per heavy atom. The molecule has 126 valence electrons. The molecule has 0 saturated carbocycles. The summed E-state index contributed by atoms with van der Waals surface area (Å²) in [6.45, 7) is -0.184. The van der Waals surface area contributed by atoms with Crippen LogP contribution in [0.5, 0.6) is 0 Å². The molecule has 3 rings (SSSR count). The van der Waals surface area contributed by atoms with Crippen molar-refractivity contribution in [3.05, 3.63) is 70.9 Å². The summed E-state index contributed by atoms with van der Waals surface area (Å²) in [5.41, 5.74) is 4.62. The third kappa shape index (κ3) is 4.24. The van der Waals surface area contributed by atoms with Crippen molar-refractivity contribution >= 4 is 40.5 Å². The van der Waals surface area contributed by atoms with E-state index in [9.17, 15) is 9.59 Å². The summed E-state index contributed by atoms with van der Waals surface area (Å²) >= 11 is 5.83. The number of H-pyrrole nitrogens is 1. The van der Waals surface area contributed by atoms with Gasteiger partial charge in [-0.1, -0.05) is 35.9 Å². The van der Waals surface area contributed by atoms with Crippen LogP contribution in [0.15, 0.2) is 59.8 Å². The van der Waals surface area contributed by atoms with Gasteiger partial charge in [-0.2, -0.15) is 5.10 Å². The molecule has 2 amide bonds. The molecule has 0 radical (unpaired) electrons. The van der Waals surface area contributed by atoms with Gasteiger partial charge in [-0.25, -0.2) is 5.43 Å². The fraction of sp³-hybridized carbons (Fsp3) is 0.0556. The first-order chi connectivity index (χ1) is 12.1. The highest BCUT2D eigenvalue weighted by molar-refractivity contribution is 6.31. The predicted octanol–water partition coefficient (Wildman–Crippen LogP) is 2.70. The zero-order valence-electron chi connectivity index (χ0n) is 13.1. The maximum atomic E-state index is 11.9. The lowest BCUT2D eigenvalue weighted by Gasteiger charge is -2.04. The summed E-state index contributed by atoms with van der Waals surface area (Å²) in [5.74, 6) is -0.801. The number of fused-ring (bicyclic) bond motifs is 1. The first-order valence-corrected chi connectivity index (χ1v) is 7.93. The second kappa shape index (κ2) is 7.63. The first kappa shape index (κ1) is 16.7. The van der Waals surface area contributed by atoms with E-state index in [1.807, 2.05) is 24.3 Å². The fourth-order valence-electron chi connectivity index (χ4n) is 2.31. The molecule has 0 saturated heterocycles. The lowest BCUT2D eigenvalue weighted by molar-refractivity contribution is -0.120. The van der Waals surface area contributed by atoms with Crippen LogP contribution in [-0.2, 0) is 4.79 Å². The minimum absolute atomic E-state index is 0.184. The summed E-state index contributed by atoms with van der Waals surface area (Å²) in [5, 5.41) is 7.89. The lowest BCUT2D eigenvalue weighted by atomic mass is 10.2. The van der Waals surface area contributed by atoms with Gasteiger partial charge in [-0.05, 0) is 24.3 Å². The molecule has 2 aromatic carbocycles. The highest BCUT2D eigenvalue weighted by Crippen LogP contribution is 2.15. The Morgan fingerprint density at radius 3 is 2.84 bits per heavy atom. The topological polar surface area (TPSA) is 86.3 Å². The van der Waals surface area contributed by atoms with Crippen LogP contribution < -0.4 is 10.7 Å². The highest BCUT2D eigenvalue weighted by Gasteiger charge is 2.08. The summed E-state index contributed by atoms with van der Waals surface area (Å²) in [6.07, 6.45) is 3.36. The maximum Gasteiger partial charge on any atom is 0.259 e. The number of nitrogens with zero attached hydrogens (tertiary/aromatic N) is 1. The Morgan fingerprint density at radius 2 is 2.00 bits per heavy atom. The van der Waals surface area contributed by atoms with Gasteiger partial charge >= 0.3 is 0 Å². The average Bonchev–Trinajstić information content (AvgIpc) is 3.03. The zero-order chi connectivity index (χ0) is 17.6. The maximum absolute atomic E-state index is 11.9. The Balaban J connectivity index is 1.52. The van der Waals surface area contributed by atoms with Gasteiger partial charge in [-0.3, -0.25) is 9.59 Å². The van der Waals surface area contributed by atoms with Crippen molar-refractivity contribution in [2.24, 2.45) is 5.10 Å². The molecule has 0 spiro atoms. The minimum atomic E-state index is -0.425. The molecule has 7 heteroatoms. The molecule has 6 nitrogen and oxygen atoms in total. The first-order valence-electron chi connectivity index (χ1n) is 7.55. The van der Waals surface area contributed by atoms with Gasteiger partial charge in [0.1, 0.15) is 0 Å². The van der Waals surface area contributed by atoms with Crippen LogP contribution in [0.1, 0.15) is 15.9 Å². The number of hydrazone groups is 1. The number of amides is 2. The quantitative estimate of drug-likeness (QED) is 0.486. The number of hydrogen-bond acceptors (Lipinski definition) is 3. The van der Waals surface area contributed by atoms with E-state index in [-0.39, 0.29) is 12.5 Å². The third-order valence-corrected chi connectivity index (χ3v) is 3.75. The summed E-state index contributed by atoms with van der Waals surface area (Å²) in [7, 11) is 0. The summed E-state index contributed by atoms with van der Waals surface area (Å²) in [6, 6.07) is 14.3. The molecule has 3 N–H and O–H groups in total. The van der Waals surface area contributed by atoms with E-state index >= 15 is 0 Å². The van der Waals surface area contributed by atoms with Crippen LogP contribution in [0.25, 0.3) is 10.9 Å². The zero-order valence-corrected chi connectivity index (χ0v) is 13.9. The number of hydrogen-bond donors (Lipinski definition) is 3. The normalized spacial score (nSPS) is 10.9. The fourth-order valence-corrected chi connectivity index (χ4v) is 2.50. The number of nitrogens with one attached hydrogen (secondary N) is 3. The van der Waals surface area contributed by atoms with Crippen molar-refractivity contribution in [2.45, 2.75) is 0 Å². The van der Waals surface area contributed by atoms with Crippen molar-refractivity contribution in [3.63, 3.8) is 0 Å². The van der Waals surface area contributed by atoms with Gasteiger partial charge in [0.05, 0.1) is 12.8 Å². The molecule has 0 unspecified atom stereocenters. The second-order valence-corrected chi connectivity index (χ2v) is 5.71. The molecule has 0 aliphatic carbocycles. The average molecular weight is 355 g/mol. The molecule has 3 aromatic rings. The van der Waals surface area contributed by atoms with Crippen molar-refractivity contribution in [3.8, 4) is 0 Å². The van der Waals surface area contributed by atoms with Crippen molar-refractivity contribution < 1.29 is 9.59 Å². The van der Waals surface area contributed by atoms with E-state index in [1.165, 1.54) is 6.07 Å². The number of carbonyl (C=O) groups excluding carboxylic acids is 2. The smallest absolute Gasteiger partial charge is 0.259 e. The summed E-state index contributed by atoms with van der Waals surface area (Å²) < 4.78 is 0. The van der Waals surface area contributed by atoms with E-state index < -0.39 is 5.91 Å². The molecule has 25 heavy (non-hydrogen) atoms. The Bertz CT molecular complexity index is 949. The molecule has 1 heterocycles. The molecule has 0 aliphatic heterocycles. The lowest BCUT2D eigenvalue weighted by Crippen LogP contribution is -2.34. The Labute approximate surface area is 148 Å². The number of benzene rings is 2. The van der Waals surface area contributed by atoms with Gasteiger partial charge in [0.15, 0.2) is 0 Å². The summed E-state index contributed by atoms with van der Waals surface area (Å²) in [4.78, 5) is 26.8. The SMILES string of the molecule is O=C(CNC(=O)c1cccc(Cl)c1)N/N=C/c1c[nH]c2ccccc12. The van der Waals surface area contributed by atoms with Gasteiger partial charge < -0.3 is 10.3 Å². The molecule has 1 aromatic heterocycles. The van der Waals surface area contributed by atoms with E-state index in [2.05, 4.69) is 20.8 Å². The molecular formula is C18H15ClN4O2. The van der Waals surface area contributed by atoms with Crippen molar-refractivity contribution in [1.29, 1.82) is 0 Å². The van der Waals surface area contributed by atoms with E-state index in [0.717, 1.165) is 16.5 Å². The second-order valence-electron chi connectivity index (χ2n) is 5.28. The van der Waals surface area contributed by atoms with Crippen LogP contribution in [-0.4, -0.2) is 29.6 Å².